The van der Waals surface area contributed by atoms with E-state index in [0.717, 1.165) is 19.6 Å². The number of fused-ring (bicyclic) bond motifs is 1. The lowest BCUT2D eigenvalue weighted by Gasteiger charge is -2.35. The first kappa shape index (κ1) is 19.3. The fraction of sp³-hybridized carbons (Fsp3) is 0.292. The third kappa shape index (κ3) is 3.91. The first-order chi connectivity index (χ1) is 14.2. The predicted octanol–water partition coefficient (Wildman–Crippen LogP) is 3.82. The van der Waals surface area contributed by atoms with E-state index in [-0.39, 0.29) is 5.91 Å². The van der Waals surface area contributed by atoms with Crippen molar-refractivity contribution in [2.75, 3.05) is 40.4 Å². The highest BCUT2D eigenvalue weighted by Gasteiger charge is 2.25. The van der Waals surface area contributed by atoms with Crippen LogP contribution in [0.4, 0.5) is 0 Å². The van der Waals surface area contributed by atoms with Gasteiger partial charge < -0.3 is 14.4 Å². The molecule has 1 amide bonds. The Bertz CT molecular complexity index is 1000. The smallest absolute Gasteiger partial charge is 0.257 e. The number of rotatable bonds is 5. The molecule has 4 rings (SSSR count). The quantitative estimate of drug-likeness (QED) is 0.664. The molecule has 0 atom stereocenters. The summed E-state index contributed by atoms with van der Waals surface area (Å²) < 4.78 is 10.8. The van der Waals surface area contributed by atoms with Crippen LogP contribution in [-0.4, -0.2) is 56.1 Å². The normalized spacial score (nSPS) is 14.8. The second kappa shape index (κ2) is 8.53. The van der Waals surface area contributed by atoms with Crippen LogP contribution in [0.25, 0.3) is 10.8 Å². The predicted molar refractivity (Wildman–Crippen MR) is 115 cm³/mol. The number of methoxy groups -OCH3 is 2. The molecular weight excluding hydrogens is 364 g/mol. The molecule has 3 aromatic rings. The summed E-state index contributed by atoms with van der Waals surface area (Å²) in [5.74, 6) is 1.07. The molecule has 1 aliphatic heterocycles. The van der Waals surface area contributed by atoms with Gasteiger partial charge in [-0.3, -0.25) is 9.69 Å². The van der Waals surface area contributed by atoms with Gasteiger partial charge in [-0.2, -0.15) is 0 Å². The Labute approximate surface area is 171 Å². The van der Waals surface area contributed by atoms with Crippen LogP contribution in [0, 0.1) is 0 Å². The van der Waals surface area contributed by atoms with Crippen LogP contribution in [0.5, 0.6) is 11.5 Å². The van der Waals surface area contributed by atoms with Gasteiger partial charge in [0.25, 0.3) is 5.91 Å². The summed E-state index contributed by atoms with van der Waals surface area (Å²) in [7, 11) is 3.15. The summed E-state index contributed by atoms with van der Waals surface area (Å²) in [5, 5.41) is 2.57. The molecule has 0 unspecified atom stereocenters. The maximum atomic E-state index is 13.1. The molecule has 5 heteroatoms. The number of nitrogens with zero attached hydrogens (tertiary/aromatic N) is 2. The molecule has 0 bridgehead atoms. The van der Waals surface area contributed by atoms with Crippen molar-refractivity contribution >= 4 is 16.7 Å². The Hall–Kier alpha value is -3.05. The first-order valence-electron chi connectivity index (χ1n) is 9.90. The molecule has 5 nitrogen and oxygen atoms in total. The van der Waals surface area contributed by atoms with E-state index < -0.39 is 0 Å². The lowest BCUT2D eigenvalue weighted by molar-refractivity contribution is 0.0625. The standard InChI is InChI=1S/C24H26N2O3/c1-28-22-12-6-11-21(23(22)29-2)24(27)26-15-13-25(14-16-26)17-19-9-5-8-18-7-3-4-10-20(18)19/h3-12H,13-17H2,1-2H3. The van der Waals surface area contributed by atoms with E-state index >= 15 is 0 Å². The summed E-state index contributed by atoms with van der Waals surface area (Å²) in [5.41, 5.74) is 1.88. The van der Waals surface area contributed by atoms with Crippen LogP contribution in [0.15, 0.2) is 60.7 Å². The zero-order chi connectivity index (χ0) is 20.2. The topological polar surface area (TPSA) is 42.0 Å². The zero-order valence-electron chi connectivity index (χ0n) is 16.9. The number of para-hydroxylation sites is 1. The van der Waals surface area contributed by atoms with E-state index in [1.165, 1.54) is 16.3 Å². The van der Waals surface area contributed by atoms with Gasteiger partial charge >= 0.3 is 0 Å². The second-order valence-corrected chi connectivity index (χ2v) is 7.25. The summed E-state index contributed by atoms with van der Waals surface area (Å²) in [4.78, 5) is 17.4. The van der Waals surface area contributed by atoms with Gasteiger partial charge in [0.1, 0.15) is 0 Å². The highest BCUT2D eigenvalue weighted by atomic mass is 16.5. The molecule has 0 aromatic heterocycles. The van der Waals surface area contributed by atoms with Crippen LogP contribution in [0.1, 0.15) is 15.9 Å². The maximum absolute atomic E-state index is 13.1. The average molecular weight is 390 g/mol. The molecule has 1 heterocycles. The lowest BCUT2D eigenvalue weighted by Crippen LogP contribution is -2.48. The molecule has 29 heavy (non-hydrogen) atoms. The minimum absolute atomic E-state index is 0.00874. The summed E-state index contributed by atoms with van der Waals surface area (Å²) in [6, 6.07) is 20.4. The van der Waals surface area contributed by atoms with Gasteiger partial charge in [0.05, 0.1) is 19.8 Å². The van der Waals surface area contributed by atoms with Crippen molar-refractivity contribution in [1.29, 1.82) is 0 Å². The van der Waals surface area contributed by atoms with Crippen molar-refractivity contribution in [2.45, 2.75) is 6.54 Å². The van der Waals surface area contributed by atoms with Crippen molar-refractivity contribution in [3.8, 4) is 11.5 Å². The van der Waals surface area contributed by atoms with E-state index in [0.29, 0.717) is 30.2 Å². The number of hydrogen-bond donors (Lipinski definition) is 0. The summed E-state index contributed by atoms with van der Waals surface area (Å²) in [6.07, 6.45) is 0. The monoisotopic (exact) mass is 390 g/mol. The highest BCUT2D eigenvalue weighted by molar-refractivity contribution is 5.98. The number of amides is 1. The van der Waals surface area contributed by atoms with E-state index in [9.17, 15) is 4.79 Å². The molecule has 0 spiro atoms. The number of ether oxygens (including phenoxy) is 2. The summed E-state index contributed by atoms with van der Waals surface area (Å²) in [6.45, 7) is 3.99. The molecular formula is C24H26N2O3. The van der Waals surface area contributed by atoms with Crippen molar-refractivity contribution in [3.05, 3.63) is 71.8 Å². The lowest BCUT2D eigenvalue weighted by atomic mass is 10.0. The van der Waals surface area contributed by atoms with E-state index in [2.05, 4.69) is 47.4 Å². The largest absolute Gasteiger partial charge is 0.493 e. The minimum Gasteiger partial charge on any atom is -0.493 e. The average Bonchev–Trinajstić information content (AvgIpc) is 2.78. The SMILES string of the molecule is COc1cccc(C(=O)N2CCN(Cc3cccc4ccccc34)CC2)c1OC. The Morgan fingerprint density at radius 1 is 0.862 bits per heavy atom. The molecule has 0 saturated carbocycles. The first-order valence-corrected chi connectivity index (χ1v) is 9.90. The van der Waals surface area contributed by atoms with E-state index in [4.69, 9.17) is 9.47 Å². The molecule has 0 N–H and O–H groups in total. The van der Waals surface area contributed by atoms with Gasteiger partial charge in [0.15, 0.2) is 11.5 Å². The minimum atomic E-state index is -0.00874. The number of carbonyl (C=O) groups excluding carboxylic acids is 1. The molecule has 1 saturated heterocycles. The number of hydrogen-bond acceptors (Lipinski definition) is 4. The van der Waals surface area contributed by atoms with E-state index in [1.54, 1.807) is 26.4 Å². The molecule has 3 aromatic carbocycles. The number of benzene rings is 3. The fourth-order valence-corrected chi connectivity index (χ4v) is 4.01. The van der Waals surface area contributed by atoms with Gasteiger partial charge in [0, 0.05) is 32.7 Å². The maximum Gasteiger partial charge on any atom is 0.257 e. The molecule has 150 valence electrons. The third-order valence-electron chi connectivity index (χ3n) is 5.57. The molecule has 0 radical (unpaired) electrons. The van der Waals surface area contributed by atoms with Crippen LogP contribution in [-0.2, 0) is 6.54 Å². The van der Waals surface area contributed by atoms with Crippen LogP contribution in [0.3, 0.4) is 0 Å². The van der Waals surface area contributed by atoms with Gasteiger partial charge in [-0.15, -0.1) is 0 Å². The zero-order valence-corrected chi connectivity index (χ0v) is 16.9. The van der Waals surface area contributed by atoms with Crippen LogP contribution >= 0.6 is 0 Å². The highest BCUT2D eigenvalue weighted by Crippen LogP contribution is 2.31. The number of carbonyl (C=O) groups is 1. The molecule has 1 fully saturated rings. The van der Waals surface area contributed by atoms with Crippen LogP contribution < -0.4 is 9.47 Å². The Balaban J connectivity index is 1.44. The summed E-state index contributed by atoms with van der Waals surface area (Å²) >= 11 is 0. The van der Waals surface area contributed by atoms with Gasteiger partial charge in [-0.25, -0.2) is 0 Å². The Morgan fingerprint density at radius 2 is 1.59 bits per heavy atom. The van der Waals surface area contributed by atoms with Gasteiger partial charge in [-0.05, 0) is 28.5 Å². The van der Waals surface area contributed by atoms with Crippen molar-refractivity contribution < 1.29 is 14.3 Å². The third-order valence-corrected chi connectivity index (χ3v) is 5.57. The van der Waals surface area contributed by atoms with Crippen molar-refractivity contribution in [2.24, 2.45) is 0 Å². The van der Waals surface area contributed by atoms with E-state index in [1.807, 2.05) is 11.0 Å². The molecule has 1 aliphatic rings. The Kier molecular flexibility index (Phi) is 5.67. The van der Waals surface area contributed by atoms with Crippen LogP contribution in [0.2, 0.25) is 0 Å². The fourth-order valence-electron chi connectivity index (χ4n) is 4.01. The molecule has 0 aliphatic carbocycles. The van der Waals surface area contributed by atoms with Crippen molar-refractivity contribution in [3.63, 3.8) is 0 Å². The van der Waals surface area contributed by atoms with Crippen molar-refractivity contribution in [1.82, 2.24) is 9.80 Å². The number of piperazine rings is 1. The Morgan fingerprint density at radius 3 is 2.34 bits per heavy atom. The van der Waals surface area contributed by atoms with Gasteiger partial charge in [0.2, 0.25) is 0 Å². The second-order valence-electron chi connectivity index (χ2n) is 7.25. The van der Waals surface area contributed by atoms with Gasteiger partial charge in [-0.1, -0.05) is 48.5 Å².